The van der Waals surface area contributed by atoms with Crippen LogP contribution in [0.4, 0.5) is 0 Å². The fourth-order valence-corrected chi connectivity index (χ4v) is 1.50. The fourth-order valence-electron chi connectivity index (χ4n) is 1.50. The van der Waals surface area contributed by atoms with Gasteiger partial charge in [0.25, 0.3) is 0 Å². The maximum Gasteiger partial charge on any atom is 0.0832 e. The molecule has 2 nitrogen and oxygen atoms in total. The number of hydrogen-bond acceptors (Lipinski definition) is 1. The minimum absolute atomic E-state index is 0. The second-order valence-corrected chi connectivity index (χ2v) is 4.20. The molecule has 1 heterocycles. The van der Waals surface area contributed by atoms with Crippen LogP contribution in [0.5, 0.6) is 0 Å². The van der Waals surface area contributed by atoms with E-state index in [-0.39, 0.29) is 17.0 Å². The van der Waals surface area contributed by atoms with Gasteiger partial charge in [-0.3, -0.25) is 0 Å². The van der Waals surface area contributed by atoms with Gasteiger partial charge in [-0.15, -0.1) is 0 Å². The van der Waals surface area contributed by atoms with Crippen molar-refractivity contribution in [2.24, 2.45) is 5.92 Å². The van der Waals surface area contributed by atoms with Gasteiger partial charge in [-0.05, 0) is 6.42 Å². The molecule has 1 fully saturated rings. The highest BCUT2D eigenvalue weighted by Crippen LogP contribution is 2.14. The highest BCUT2D eigenvalue weighted by atomic mass is 79.9. The Labute approximate surface area is 79.9 Å². The molecule has 0 bridgehead atoms. The molecule has 1 saturated heterocycles. The standard InChI is InChI=1S/C8H18NO.BrH/c1-9(2,3)6-8-4-5-10-7-8;/h8H,4-7H2,1-3H3;1H/q+1;/p-1. The van der Waals surface area contributed by atoms with E-state index in [1.165, 1.54) is 13.0 Å². The first-order valence-electron chi connectivity index (χ1n) is 3.96. The van der Waals surface area contributed by atoms with Crippen molar-refractivity contribution in [3.05, 3.63) is 0 Å². The van der Waals surface area contributed by atoms with Gasteiger partial charge in [-0.2, -0.15) is 0 Å². The van der Waals surface area contributed by atoms with Gasteiger partial charge in [0, 0.05) is 12.5 Å². The van der Waals surface area contributed by atoms with Crippen molar-refractivity contribution in [1.29, 1.82) is 0 Å². The lowest BCUT2D eigenvalue weighted by Gasteiger charge is -2.26. The van der Waals surface area contributed by atoms with Crippen LogP contribution in [0.25, 0.3) is 0 Å². The molecule has 1 unspecified atom stereocenters. The summed E-state index contributed by atoms with van der Waals surface area (Å²) in [6.45, 7) is 3.21. The van der Waals surface area contributed by atoms with Gasteiger partial charge in [-0.1, -0.05) is 0 Å². The minimum Gasteiger partial charge on any atom is -1.00 e. The molecule has 0 saturated carbocycles. The second kappa shape index (κ2) is 4.43. The van der Waals surface area contributed by atoms with Crippen molar-refractivity contribution in [2.75, 3.05) is 40.9 Å². The van der Waals surface area contributed by atoms with Crippen LogP contribution in [-0.4, -0.2) is 45.4 Å². The maximum absolute atomic E-state index is 5.29. The van der Waals surface area contributed by atoms with Crippen molar-refractivity contribution >= 4 is 0 Å². The van der Waals surface area contributed by atoms with Gasteiger partial charge in [0.05, 0.1) is 34.3 Å². The smallest absolute Gasteiger partial charge is 0.0832 e. The average Bonchev–Trinajstić information content (AvgIpc) is 2.12. The normalized spacial score (nSPS) is 24.8. The summed E-state index contributed by atoms with van der Waals surface area (Å²) in [7, 11) is 6.70. The van der Waals surface area contributed by atoms with Crippen LogP contribution >= 0.6 is 0 Å². The Bertz CT molecular complexity index is 105. The summed E-state index contributed by atoms with van der Waals surface area (Å²) >= 11 is 0. The van der Waals surface area contributed by atoms with Crippen molar-refractivity contribution in [1.82, 2.24) is 0 Å². The molecule has 0 amide bonds. The molecule has 0 aromatic rings. The Morgan fingerprint density at radius 1 is 1.36 bits per heavy atom. The summed E-state index contributed by atoms with van der Waals surface area (Å²) in [4.78, 5) is 0. The monoisotopic (exact) mass is 223 g/mol. The number of hydrogen-bond donors (Lipinski definition) is 0. The molecular weight excluding hydrogens is 206 g/mol. The Morgan fingerprint density at radius 2 is 2.00 bits per heavy atom. The van der Waals surface area contributed by atoms with E-state index < -0.39 is 0 Å². The van der Waals surface area contributed by atoms with Crippen LogP contribution in [0.15, 0.2) is 0 Å². The SMILES string of the molecule is C[N+](C)(C)CC1CCOC1.[Br-]. The summed E-state index contributed by atoms with van der Waals surface area (Å²) in [5.41, 5.74) is 0. The summed E-state index contributed by atoms with van der Waals surface area (Å²) < 4.78 is 6.36. The molecule has 68 valence electrons. The minimum atomic E-state index is 0. The third kappa shape index (κ3) is 4.77. The van der Waals surface area contributed by atoms with Gasteiger partial charge in [0.2, 0.25) is 0 Å². The van der Waals surface area contributed by atoms with Crippen molar-refractivity contribution in [3.63, 3.8) is 0 Å². The summed E-state index contributed by atoms with van der Waals surface area (Å²) in [5.74, 6) is 0.806. The highest BCUT2D eigenvalue weighted by molar-refractivity contribution is 4.62. The molecule has 0 aromatic heterocycles. The molecule has 0 spiro atoms. The van der Waals surface area contributed by atoms with E-state index in [0.29, 0.717) is 0 Å². The Kier molecular flexibility index (Phi) is 4.59. The highest BCUT2D eigenvalue weighted by Gasteiger charge is 2.21. The molecule has 0 N–H and O–H groups in total. The van der Waals surface area contributed by atoms with E-state index in [9.17, 15) is 0 Å². The van der Waals surface area contributed by atoms with Gasteiger partial charge >= 0.3 is 0 Å². The predicted octanol–water partition coefficient (Wildman–Crippen LogP) is -2.27. The lowest BCUT2D eigenvalue weighted by molar-refractivity contribution is -0.873. The molecule has 1 atom stereocenters. The van der Waals surface area contributed by atoms with E-state index >= 15 is 0 Å². The lowest BCUT2D eigenvalue weighted by atomic mass is 10.1. The van der Waals surface area contributed by atoms with Crippen molar-refractivity contribution < 1.29 is 26.2 Å². The van der Waals surface area contributed by atoms with E-state index in [1.807, 2.05) is 0 Å². The quantitative estimate of drug-likeness (QED) is 0.481. The van der Waals surface area contributed by atoms with E-state index in [1.54, 1.807) is 0 Å². The van der Waals surface area contributed by atoms with Crippen LogP contribution < -0.4 is 17.0 Å². The molecule has 11 heavy (non-hydrogen) atoms. The third-order valence-electron chi connectivity index (χ3n) is 1.83. The van der Waals surface area contributed by atoms with Crippen LogP contribution in [0.2, 0.25) is 0 Å². The second-order valence-electron chi connectivity index (χ2n) is 4.20. The summed E-state index contributed by atoms with van der Waals surface area (Å²) in [6, 6.07) is 0. The number of quaternary nitrogens is 1. The summed E-state index contributed by atoms with van der Waals surface area (Å²) in [5, 5.41) is 0. The van der Waals surface area contributed by atoms with Gasteiger partial charge in [-0.25, -0.2) is 0 Å². The fraction of sp³-hybridized carbons (Fsp3) is 1.00. The molecule has 3 heteroatoms. The zero-order valence-electron chi connectivity index (χ0n) is 7.64. The summed E-state index contributed by atoms with van der Waals surface area (Å²) in [6.07, 6.45) is 1.26. The molecule has 1 aliphatic heterocycles. The third-order valence-corrected chi connectivity index (χ3v) is 1.83. The molecule has 0 radical (unpaired) electrons. The first-order chi connectivity index (χ1) is 4.58. The zero-order valence-corrected chi connectivity index (χ0v) is 9.23. The van der Waals surface area contributed by atoms with Crippen LogP contribution in [0.1, 0.15) is 6.42 Å². The topological polar surface area (TPSA) is 9.23 Å². The zero-order chi connectivity index (χ0) is 7.61. The predicted molar refractivity (Wildman–Crippen MR) is 41.8 cm³/mol. The van der Waals surface area contributed by atoms with E-state index in [4.69, 9.17) is 4.74 Å². The number of nitrogens with zero attached hydrogens (tertiary/aromatic N) is 1. The van der Waals surface area contributed by atoms with Crippen LogP contribution in [-0.2, 0) is 4.74 Å². The van der Waals surface area contributed by atoms with Gasteiger partial charge in [0.15, 0.2) is 0 Å². The number of rotatable bonds is 2. The first-order valence-corrected chi connectivity index (χ1v) is 3.96. The van der Waals surface area contributed by atoms with Crippen molar-refractivity contribution in [2.45, 2.75) is 6.42 Å². The van der Waals surface area contributed by atoms with Crippen LogP contribution in [0, 0.1) is 5.92 Å². The number of ether oxygens (including phenoxy) is 1. The molecule has 0 aromatic carbocycles. The van der Waals surface area contributed by atoms with E-state index in [2.05, 4.69) is 21.1 Å². The molecule has 1 rings (SSSR count). The van der Waals surface area contributed by atoms with E-state index in [0.717, 1.165) is 23.6 Å². The van der Waals surface area contributed by atoms with Crippen LogP contribution in [0.3, 0.4) is 0 Å². The molecule has 1 aliphatic rings. The van der Waals surface area contributed by atoms with Crippen molar-refractivity contribution in [3.8, 4) is 0 Å². The Balaban J connectivity index is 0.000001000. The first kappa shape index (κ1) is 11.4. The Hall–Kier alpha value is 0.400. The molecule has 0 aliphatic carbocycles. The van der Waals surface area contributed by atoms with Gasteiger partial charge in [0.1, 0.15) is 0 Å². The molecular formula is C8H18BrNO. The van der Waals surface area contributed by atoms with Gasteiger partial charge < -0.3 is 26.2 Å². The number of halogens is 1. The largest absolute Gasteiger partial charge is 1.00 e. The maximum atomic E-state index is 5.29. The Morgan fingerprint density at radius 3 is 2.36 bits per heavy atom. The lowest BCUT2D eigenvalue weighted by Crippen LogP contribution is -3.00. The average molecular weight is 224 g/mol.